The molecule has 29 heavy (non-hydrogen) atoms. The van der Waals surface area contributed by atoms with Crippen LogP contribution in [0.25, 0.3) is 6.08 Å². The Labute approximate surface area is 174 Å². The molecule has 5 heteroatoms. The zero-order valence-corrected chi connectivity index (χ0v) is 17.4. The van der Waals surface area contributed by atoms with Crippen LogP contribution in [0, 0.1) is 13.8 Å². The smallest absolute Gasteiger partial charge is 0.317 e. The van der Waals surface area contributed by atoms with Crippen LogP contribution in [-0.4, -0.2) is 61.7 Å². The van der Waals surface area contributed by atoms with E-state index in [-0.39, 0.29) is 6.03 Å². The second-order valence-corrected chi connectivity index (χ2v) is 7.45. The van der Waals surface area contributed by atoms with Crippen LogP contribution in [0.1, 0.15) is 16.7 Å². The van der Waals surface area contributed by atoms with Crippen molar-refractivity contribution in [2.24, 2.45) is 0 Å². The first-order valence-electron chi connectivity index (χ1n) is 10.3. The van der Waals surface area contributed by atoms with Crippen molar-refractivity contribution in [3.8, 4) is 5.75 Å². The number of nitrogens with one attached hydrogen (secondary N) is 1. The van der Waals surface area contributed by atoms with Gasteiger partial charge < -0.3 is 15.0 Å². The van der Waals surface area contributed by atoms with Crippen molar-refractivity contribution in [2.45, 2.75) is 13.8 Å². The molecule has 1 N–H and O–H groups in total. The first-order chi connectivity index (χ1) is 14.1. The zero-order valence-electron chi connectivity index (χ0n) is 17.4. The summed E-state index contributed by atoms with van der Waals surface area (Å²) in [6.45, 7) is 9.29. The molecule has 0 atom stereocenters. The summed E-state index contributed by atoms with van der Waals surface area (Å²) in [4.78, 5) is 16.6. The van der Waals surface area contributed by atoms with Gasteiger partial charge in [0.2, 0.25) is 0 Å². The summed E-state index contributed by atoms with van der Waals surface area (Å²) in [7, 11) is 0. The molecule has 1 heterocycles. The quantitative estimate of drug-likeness (QED) is 0.729. The Morgan fingerprint density at radius 2 is 1.83 bits per heavy atom. The highest BCUT2D eigenvalue weighted by molar-refractivity contribution is 5.74. The van der Waals surface area contributed by atoms with Crippen LogP contribution in [-0.2, 0) is 0 Å². The van der Waals surface area contributed by atoms with Gasteiger partial charge in [0.15, 0.2) is 0 Å². The number of nitrogens with zero attached hydrogens (tertiary/aromatic N) is 2. The molecule has 0 radical (unpaired) electrons. The second-order valence-electron chi connectivity index (χ2n) is 7.45. The van der Waals surface area contributed by atoms with E-state index in [1.807, 2.05) is 42.2 Å². The number of hydrogen-bond donors (Lipinski definition) is 1. The van der Waals surface area contributed by atoms with E-state index >= 15 is 0 Å². The summed E-state index contributed by atoms with van der Waals surface area (Å²) in [5, 5.41) is 2.96. The molecule has 2 aromatic carbocycles. The summed E-state index contributed by atoms with van der Waals surface area (Å²) in [5.74, 6) is 0.877. The van der Waals surface area contributed by atoms with E-state index < -0.39 is 0 Å². The molecule has 3 rings (SSSR count). The molecule has 5 nitrogen and oxygen atoms in total. The summed E-state index contributed by atoms with van der Waals surface area (Å²) >= 11 is 0. The van der Waals surface area contributed by atoms with Crippen molar-refractivity contribution < 1.29 is 9.53 Å². The molecule has 0 spiro atoms. The second kappa shape index (κ2) is 10.7. The lowest BCUT2D eigenvalue weighted by Crippen LogP contribution is -2.52. The average Bonchev–Trinajstić information content (AvgIpc) is 2.73. The van der Waals surface area contributed by atoms with Gasteiger partial charge in [-0.2, -0.15) is 0 Å². The number of ether oxygens (including phenoxy) is 1. The maximum absolute atomic E-state index is 12.4. The standard InChI is InChI=1S/C24H31N3O2/c1-20-10-11-23(21(2)19-20)29-18-12-25-24(28)27-16-14-26(15-17-27)13-6-9-22-7-4-3-5-8-22/h3-11,19H,12-18H2,1-2H3,(H,25,28)/b9-6+. The van der Waals surface area contributed by atoms with E-state index in [2.05, 4.69) is 47.5 Å². The van der Waals surface area contributed by atoms with Crippen molar-refractivity contribution >= 4 is 12.1 Å². The lowest BCUT2D eigenvalue weighted by molar-refractivity contribution is 0.145. The number of urea groups is 1. The first kappa shape index (κ1) is 20.9. The molecule has 2 aromatic rings. The summed E-state index contributed by atoms with van der Waals surface area (Å²) < 4.78 is 5.78. The average molecular weight is 394 g/mol. The largest absolute Gasteiger partial charge is 0.491 e. The third kappa shape index (κ3) is 6.64. The number of aryl methyl sites for hydroxylation is 2. The third-order valence-corrected chi connectivity index (χ3v) is 5.10. The molecule has 0 saturated carbocycles. The minimum absolute atomic E-state index is 0.00583. The van der Waals surface area contributed by atoms with Gasteiger partial charge in [-0.25, -0.2) is 4.79 Å². The number of amides is 2. The van der Waals surface area contributed by atoms with Crippen molar-refractivity contribution in [2.75, 3.05) is 45.9 Å². The van der Waals surface area contributed by atoms with Gasteiger partial charge >= 0.3 is 6.03 Å². The maximum Gasteiger partial charge on any atom is 0.317 e. The van der Waals surface area contributed by atoms with Gasteiger partial charge in [-0.3, -0.25) is 4.90 Å². The van der Waals surface area contributed by atoms with Crippen LogP contribution < -0.4 is 10.1 Å². The van der Waals surface area contributed by atoms with Gasteiger partial charge in [0.1, 0.15) is 12.4 Å². The number of carbonyl (C=O) groups excluding carboxylic acids is 1. The minimum Gasteiger partial charge on any atom is -0.491 e. The molecule has 2 amide bonds. The fourth-order valence-electron chi connectivity index (χ4n) is 3.43. The molecule has 1 aliphatic rings. The summed E-state index contributed by atoms with van der Waals surface area (Å²) in [6.07, 6.45) is 4.34. The molecular formula is C24H31N3O2. The Hall–Kier alpha value is -2.79. The Kier molecular flexibility index (Phi) is 7.70. The Bertz CT molecular complexity index is 812. The fourth-order valence-corrected chi connectivity index (χ4v) is 3.43. The van der Waals surface area contributed by atoms with Crippen LogP contribution in [0.5, 0.6) is 5.75 Å². The molecule has 1 saturated heterocycles. The predicted octanol–water partition coefficient (Wildman–Crippen LogP) is 3.72. The van der Waals surface area contributed by atoms with Gasteiger partial charge in [-0.1, -0.05) is 60.2 Å². The van der Waals surface area contributed by atoms with Crippen LogP contribution in [0.2, 0.25) is 0 Å². The normalized spacial score (nSPS) is 14.9. The first-order valence-corrected chi connectivity index (χ1v) is 10.3. The van der Waals surface area contributed by atoms with E-state index in [1.165, 1.54) is 11.1 Å². The Morgan fingerprint density at radius 1 is 1.07 bits per heavy atom. The van der Waals surface area contributed by atoms with E-state index in [4.69, 9.17) is 4.74 Å². The van der Waals surface area contributed by atoms with Crippen LogP contribution >= 0.6 is 0 Å². The van der Waals surface area contributed by atoms with Gasteiger partial charge in [-0.05, 0) is 31.0 Å². The van der Waals surface area contributed by atoms with Crippen molar-refractivity contribution in [1.82, 2.24) is 15.1 Å². The summed E-state index contributed by atoms with van der Waals surface area (Å²) in [6, 6.07) is 16.4. The number of hydrogen-bond acceptors (Lipinski definition) is 3. The van der Waals surface area contributed by atoms with Gasteiger partial charge in [0.05, 0.1) is 6.54 Å². The topological polar surface area (TPSA) is 44.8 Å². The molecule has 0 aliphatic carbocycles. The molecule has 0 aromatic heterocycles. The Morgan fingerprint density at radius 3 is 2.55 bits per heavy atom. The molecule has 1 fully saturated rings. The number of piperazine rings is 1. The number of carbonyl (C=O) groups is 1. The number of benzene rings is 2. The number of rotatable bonds is 7. The van der Waals surface area contributed by atoms with Crippen molar-refractivity contribution in [3.05, 3.63) is 71.3 Å². The highest BCUT2D eigenvalue weighted by atomic mass is 16.5. The molecular weight excluding hydrogens is 362 g/mol. The van der Waals surface area contributed by atoms with Crippen LogP contribution in [0.4, 0.5) is 4.79 Å². The van der Waals surface area contributed by atoms with E-state index in [1.54, 1.807) is 0 Å². The Balaban J connectivity index is 1.32. The molecule has 154 valence electrons. The van der Waals surface area contributed by atoms with Crippen molar-refractivity contribution in [3.63, 3.8) is 0 Å². The third-order valence-electron chi connectivity index (χ3n) is 5.10. The van der Waals surface area contributed by atoms with E-state index in [0.717, 1.165) is 44.0 Å². The van der Waals surface area contributed by atoms with Crippen molar-refractivity contribution in [1.29, 1.82) is 0 Å². The maximum atomic E-state index is 12.4. The van der Waals surface area contributed by atoms with Gasteiger partial charge in [-0.15, -0.1) is 0 Å². The lowest BCUT2D eigenvalue weighted by Gasteiger charge is -2.34. The highest BCUT2D eigenvalue weighted by Gasteiger charge is 2.19. The molecule has 0 unspecified atom stereocenters. The van der Waals surface area contributed by atoms with Gasteiger partial charge in [0, 0.05) is 32.7 Å². The zero-order chi connectivity index (χ0) is 20.5. The fraction of sp³-hybridized carbons (Fsp3) is 0.375. The lowest BCUT2D eigenvalue weighted by atomic mass is 10.1. The van der Waals surface area contributed by atoms with E-state index in [9.17, 15) is 4.79 Å². The molecule has 0 bridgehead atoms. The monoisotopic (exact) mass is 393 g/mol. The highest BCUT2D eigenvalue weighted by Crippen LogP contribution is 2.18. The summed E-state index contributed by atoms with van der Waals surface area (Å²) in [5.41, 5.74) is 3.56. The SMILES string of the molecule is Cc1ccc(OCCNC(=O)N2CCN(C/C=C/c3ccccc3)CC2)c(C)c1. The van der Waals surface area contributed by atoms with E-state index in [0.29, 0.717) is 13.2 Å². The van der Waals surface area contributed by atoms with Gasteiger partial charge in [0.25, 0.3) is 0 Å². The molecule has 1 aliphatic heterocycles. The predicted molar refractivity (Wildman–Crippen MR) is 118 cm³/mol. The van der Waals surface area contributed by atoms with Crippen LogP contribution in [0.3, 0.4) is 0 Å². The minimum atomic E-state index is -0.00583. The van der Waals surface area contributed by atoms with Crippen LogP contribution in [0.15, 0.2) is 54.6 Å².